The van der Waals surface area contributed by atoms with Crippen molar-refractivity contribution in [2.24, 2.45) is 0 Å². The summed E-state index contributed by atoms with van der Waals surface area (Å²) in [4.78, 5) is 17.1. The highest BCUT2D eigenvalue weighted by atomic mass is 35.5. The summed E-state index contributed by atoms with van der Waals surface area (Å²) in [5.74, 6) is -1.06. The molecule has 0 bridgehead atoms. The molecule has 3 nitrogen and oxygen atoms in total. The lowest BCUT2D eigenvalue weighted by Gasteiger charge is -2.17. The summed E-state index contributed by atoms with van der Waals surface area (Å²) in [6, 6.07) is 9.15. The highest BCUT2D eigenvalue weighted by Crippen LogP contribution is 2.20. The molecule has 0 saturated heterocycles. The standard InChI is InChI=1S/C14H11Cl2FN2O/c1-19(8-9-5-10(15)7-11(16)6-9)14(20)12-3-2-4-13(17)18-12/h2-7H,8H2,1H3. The summed E-state index contributed by atoms with van der Waals surface area (Å²) in [6.07, 6.45) is 0. The first kappa shape index (κ1) is 14.8. The molecule has 1 aromatic heterocycles. The average Bonchev–Trinajstić information content (AvgIpc) is 2.36. The van der Waals surface area contributed by atoms with Crippen molar-refractivity contribution in [3.63, 3.8) is 0 Å². The van der Waals surface area contributed by atoms with Crippen LogP contribution in [0.2, 0.25) is 10.0 Å². The van der Waals surface area contributed by atoms with Gasteiger partial charge < -0.3 is 4.90 Å². The molecule has 20 heavy (non-hydrogen) atoms. The van der Waals surface area contributed by atoms with E-state index in [9.17, 15) is 9.18 Å². The van der Waals surface area contributed by atoms with Crippen molar-refractivity contribution in [3.8, 4) is 0 Å². The van der Waals surface area contributed by atoms with Gasteiger partial charge in [-0.05, 0) is 35.9 Å². The smallest absolute Gasteiger partial charge is 0.272 e. The zero-order valence-electron chi connectivity index (χ0n) is 10.6. The first-order valence-corrected chi connectivity index (χ1v) is 6.54. The Morgan fingerprint density at radius 2 is 1.90 bits per heavy atom. The van der Waals surface area contributed by atoms with E-state index in [-0.39, 0.29) is 11.6 Å². The van der Waals surface area contributed by atoms with E-state index in [0.717, 1.165) is 5.56 Å². The summed E-state index contributed by atoms with van der Waals surface area (Å²) < 4.78 is 13.0. The zero-order chi connectivity index (χ0) is 14.7. The molecule has 0 aliphatic rings. The van der Waals surface area contributed by atoms with E-state index >= 15 is 0 Å². The predicted octanol–water partition coefficient (Wildman–Crippen LogP) is 3.80. The highest BCUT2D eigenvalue weighted by molar-refractivity contribution is 6.34. The summed E-state index contributed by atoms with van der Waals surface area (Å²) >= 11 is 11.8. The summed E-state index contributed by atoms with van der Waals surface area (Å²) in [5, 5.41) is 0.995. The molecule has 0 saturated carbocycles. The first-order valence-electron chi connectivity index (χ1n) is 5.78. The van der Waals surface area contributed by atoms with E-state index in [1.807, 2.05) is 0 Å². The van der Waals surface area contributed by atoms with Gasteiger partial charge in [-0.1, -0.05) is 29.3 Å². The van der Waals surface area contributed by atoms with Crippen LogP contribution < -0.4 is 0 Å². The monoisotopic (exact) mass is 312 g/mol. The molecule has 0 spiro atoms. The lowest BCUT2D eigenvalue weighted by atomic mass is 10.2. The fourth-order valence-corrected chi connectivity index (χ4v) is 2.34. The van der Waals surface area contributed by atoms with Gasteiger partial charge in [-0.2, -0.15) is 4.39 Å². The second-order valence-corrected chi connectivity index (χ2v) is 5.16. The largest absolute Gasteiger partial charge is 0.336 e. The van der Waals surface area contributed by atoms with Crippen LogP contribution >= 0.6 is 23.2 Å². The van der Waals surface area contributed by atoms with Crippen molar-refractivity contribution in [2.45, 2.75) is 6.54 Å². The minimum absolute atomic E-state index is 0.0561. The Kier molecular flexibility index (Phi) is 4.57. The molecular weight excluding hydrogens is 302 g/mol. The van der Waals surface area contributed by atoms with Gasteiger partial charge in [0.2, 0.25) is 5.95 Å². The molecule has 0 N–H and O–H groups in total. The van der Waals surface area contributed by atoms with Crippen LogP contribution in [0.3, 0.4) is 0 Å². The fraction of sp³-hybridized carbons (Fsp3) is 0.143. The molecule has 1 heterocycles. The Balaban J connectivity index is 2.15. The number of nitrogens with zero attached hydrogens (tertiary/aromatic N) is 2. The quantitative estimate of drug-likeness (QED) is 0.808. The third-order valence-electron chi connectivity index (χ3n) is 2.62. The van der Waals surface area contributed by atoms with Crippen LogP contribution in [0.25, 0.3) is 0 Å². The van der Waals surface area contributed by atoms with Gasteiger partial charge in [0.15, 0.2) is 0 Å². The van der Waals surface area contributed by atoms with Gasteiger partial charge in [-0.3, -0.25) is 4.79 Å². The molecule has 2 rings (SSSR count). The van der Waals surface area contributed by atoms with Crippen molar-refractivity contribution in [3.05, 3.63) is 63.6 Å². The molecular formula is C14H11Cl2FN2O. The first-order chi connectivity index (χ1) is 9.45. The van der Waals surface area contributed by atoms with E-state index in [0.29, 0.717) is 16.6 Å². The van der Waals surface area contributed by atoms with Crippen LogP contribution in [0.1, 0.15) is 16.1 Å². The van der Waals surface area contributed by atoms with Gasteiger partial charge in [0, 0.05) is 23.6 Å². The normalized spacial score (nSPS) is 10.4. The summed E-state index contributed by atoms with van der Waals surface area (Å²) in [5.41, 5.74) is 0.843. The molecule has 0 aliphatic heterocycles. The molecule has 0 aliphatic carbocycles. The molecule has 0 radical (unpaired) electrons. The van der Waals surface area contributed by atoms with Crippen LogP contribution in [-0.2, 0) is 6.54 Å². The topological polar surface area (TPSA) is 33.2 Å². The number of aromatic nitrogens is 1. The van der Waals surface area contributed by atoms with Gasteiger partial charge in [0.05, 0.1) is 0 Å². The molecule has 1 amide bonds. The van der Waals surface area contributed by atoms with Gasteiger partial charge >= 0.3 is 0 Å². The van der Waals surface area contributed by atoms with Crippen molar-refractivity contribution in [2.75, 3.05) is 7.05 Å². The van der Waals surface area contributed by atoms with Crippen molar-refractivity contribution in [1.29, 1.82) is 0 Å². The summed E-state index contributed by atoms with van der Waals surface area (Å²) in [6.45, 7) is 0.303. The van der Waals surface area contributed by atoms with Crippen molar-refractivity contribution >= 4 is 29.1 Å². The fourth-order valence-electron chi connectivity index (χ4n) is 1.77. The SMILES string of the molecule is CN(Cc1cc(Cl)cc(Cl)c1)C(=O)c1cccc(F)n1. The maximum atomic E-state index is 13.0. The highest BCUT2D eigenvalue weighted by Gasteiger charge is 2.14. The number of amides is 1. The number of carbonyl (C=O) groups is 1. The van der Waals surface area contributed by atoms with Crippen LogP contribution in [0.4, 0.5) is 4.39 Å². The van der Waals surface area contributed by atoms with Crippen molar-refractivity contribution in [1.82, 2.24) is 9.88 Å². The second-order valence-electron chi connectivity index (χ2n) is 4.28. The minimum Gasteiger partial charge on any atom is -0.336 e. The third-order valence-corrected chi connectivity index (χ3v) is 3.06. The maximum absolute atomic E-state index is 13.0. The summed E-state index contributed by atoms with van der Waals surface area (Å²) in [7, 11) is 1.60. The molecule has 6 heteroatoms. The Morgan fingerprint density at radius 3 is 2.50 bits per heavy atom. The van der Waals surface area contributed by atoms with E-state index in [1.165, 1.54) is 23.1 Å². The molecule has 104 valence electrons. The maximum Gasteiger partial charge on any atom is 0.272 e. The van der Waals surface area contributed by atoms with Crippen LogP contribution in [0.15, 0.2) is 36.4 Å². The van der Waals surface area contributed by atoms with E-state index < -0.39 is 5.95 Å². The zero-order valence-corrected chi connectivity index (χ0v) is 12.1. The second kappa shape index (κ2) is 6.20. The average molecular weight is 313 g/mol. The van der Waals surface area contributed by atoms with Crippen molar-refractivity contribution < 1.29 is 9.18 Å². The molecule has 0 unspecified atom stereocenters. The number of benzene rings is 1. The van der Waals surface area contributed by atoms with E-state index in [4.69, 9.17) is 23.2 Å². The number of rotatable bonds is 3. The number of pyridine rings is 1. The number of carbonyl (C=O) groups excluding carboxylic acids is 1. The number of hydrogen-bond donors (Lipinski definition) is 0. The minimum atomic E-state index is -0.685. The van der Waals surface area contributed by atoms with E-state index in [2.05, 4.69) is 4.98 Å². The van der Waals surface area contributed by atoms with Gasteiger partial charge in [-0.15, -0.1) is 0 Å². The molecule has 0 atom stereocenters. The van der Waals surface area contributed by atoms with Crippen LogP contribution in [-0.4, -0.2) is 22.8 Å². The lowest BCUT2D eigenvalue weighted by molar-refractivity contribution is 0.0778. The molecule has 1 aromatic carbocycles. The predicted molar refractivity (Wildman–Crippen MR) is 76.5 cm³/mol. The Bertz CT molecular complexity index is 629. The van der Waals surface area contributed by atoms with Crippen LogP contribution in [0.5, 0.6) is 0 Å². The number of halogens is 3. The molecule has 2 aromatic rings. The number of hydrogen-bond acceptors (Lipinski definition) is 2. The lowest BCUT2D eigenvalue weighted by Crippen LogP contribution is -2.27. The van der Waals surface area contributed by atoms with Crippen LogP contribution in [0, 0.1) is 5.95 Å². The third kappa shape index (κ3) is 3.68. The van der Waals surface area contributed by atoms with Gasteiger partial charge in [0.1, 0.15) is 5.69 Å². The van der Waals surface area contributed by atoms with E-state index in [1.54, 1.807) is 25.2 Å². The molecule has 0 fully saturated rings. The van der Waals surface area contributed by atoms with Gasteiger partial charge in [0.25, 0.3) is 5.91 Å². The Hall–Kier alpha value is -1.65. The Labute approximate surface area is 125 Å². The van der Waals surface area contributed by atoms with Gasteiger partial charge in [-0.25, -0.2) is 4.98 Å². The Morgan fingerprint density at radius 1 is 1.25 bits per heavy atom.